The number of aromatic nitrogens is 2. The van der Waals surface area contributed by atoms with E-state index in [1.807, 2.05) is 0 Å². The van der Waals surface area contributed by atoms with Crippen molar-refractivity contribution in [3.05, 3.63) is 71.3 Å². The van der Waals surface area contributed by atoms with Crippen molar-refractivity contribution >= 4 is 21.4 Å². The molecule has 0 saturated heterocycles. The summed E-state index contributed by atoms with van der Waals surface area (Å²) >= 11 is 6.03. The molecular formula is C23H24ClN3O5S. The van der Waals surface area contributed by atoms with Gasteiger partial charge in [-0.1, -0.05) is 6.07 Å². The second-order valence-corrected chi connectivity index (χ2v) is 10.8. The third-order valence-corrected chi connectivity index (χ3v) is 8.30. The van der Waals surface area contributed by atoms with E-state index in [-0.39, 0.29) is 26.3 Å². The van der Waals surface area contributed by atoms with Crippen molar-refractivity contribution in [1.29, 1.82) is 0 Å². The fourth-order valence-electron chi connectivity index (χ4n) is 4.03. The normalized spacial score (nSPS) is 24.0. The lowest BCUT2D eigenvalue weighted by Gasteiger charge is -2.54. The highest BCUT2D eigenvalue weighted by Gasteiger charge is 2.62. The number of nitrogens with two attached hydrogens (primary N) is 1. The number of ether oxygens (including phenoxy) is 2. The van der Waals surface area contributed by atoms with E-state index in [4.69, 9.17) is 26.8 Å². The first kappa shape index (κ1) is 23.4. The zero-order chi connectivity index (χ0) is 24.2. The number of hydrogen-bond donors (Lipinski definition) is 2. The summed E-state index contributed by atoms with van der Waals surface area (Å²) in [5.41, 5.74) is 2.85. The van der Waals surface area contributed by atoms with Crippen molar-refractivity contribution in [1.82, 2.24) is 9.97 Å². The van der Waals surface area contributed by atoms with E-state index in [1.165, 1.54) is 56.6 Å². The molecular weight excluding hydrogens is 466 g/mol. The van der Waals surface area contributed by atoms with Gasteiger partial charge in [-0.25, -0.2) is 18.4 Å². The molecule has 174 valence electrons. The zero-order valence-corrected chi connectivity index (χ0v) is 20.1. The number of rotatable bonds is 4. The monoisotopic (exact) mass is 489 g/mol. The number of halogens is 1. The van der Waals surface area contributed by atoms with Crippen LogP contribution in [-0.4, -0.2) is 41.8 Å². The molecule has 8 nitrogen and oxygen atoms in total. The summed E-state index contributed by atoms with van der Waals surface area (Å²) < 4.78 is 38.1. The van der Waals surface area contributed by atoms with Crippen LogP contribution in [-0.2, 0) is 15.4 Å². The van der Waals surface area contributed by atoms with Crippen LogP contribution in [0, 0.1) is 0 Å². The molecule has 33 heavy (non-hydrogen) atoms. The average molecular weight is 490 g/mol. The van der Waals surface area contributed by atoms with Gasteiger partial charge in [-0.15, -0.1) is 0 Å². The number of hydrogen-bond acceptors (Lipinski definition) is 8. The van der Waals surface area contributed by atoms with Crippen LogP contribution >= 0.6 is 11.6 Å². The smallest absolute Gasteiger partial charge is 0.222 e. The van der Waals surface area contributed by atoms with E-state index in [0.717, 1.165) is 0 Å². The fourth-order valence-corrected chi connectivity index (χ4v) is 5.50. The molecule has 2 aromatic carbocycles. The molecule has 3 aromatic rings. The molecule has 1 aliphatic heterocycles. The fraction of sp³-hybridized carbons (Fsp3) is 0.304. The maximum atomic E-state index is 13.4. The summed E-state index contributed by atoms with van der Waals surface area (Å²) in [6, 6.07) is 12.1. The Hall–Kier alpha value is -2.72. The van der Waals surface area contributed by atoms with Crippen LogP contribution in [0.5, 0.6) is 11.5 Å². The first-order valence-electron chi connectivity index (χ1n) is 10.1. The number of methoxy groups -OCH3 is 1. The SMILES string of the molecule is COc1cccc(S(=O)(=O)c2ccc3c(c2)[C@@](N)(c2ccnc(Cl)n2)[C@](C)(O)C(C)(C)O3)c1. The third-order valence-electron chi connectivity index (χ3n) is 6.37. The Morgan fingerprint density at radius 3 is 2.45 bits per heavy atom. The number of sulfone groups is 1. The average Bonchev–Trinajstić information content (AvgIpc) is 2.77. The minimum atomic E-state index is -3.94. The highest BCUT2D eigenvalue weighted by Crippen LogP contribution is 2.52. The Kier molecular flexibility index (Phi) is 5.44. The molecule has 2 heterocycles. The molecule has 0 aliphatic carbocycles. The van der Waals surface area contributed by atoms with Gasteiger partial charge in [-0.3, -0.25) is 0 Å². The highest BCUT2D eigenvalue weighted by atomic mass is 35.5. The summed E-state index contributed by atoms with van der Waals surface area (Å²) in [7, 11) is -2.48. The van der Waals surface area contributed by atoms with E-state index in [9.17, 15) is 13.5 Å². The maximum Gasteiger partial charge on any atom is 0.222 e. The Morgan fingerprint density at radius 2 is 1.79 bits per heavy atom. The van der Waals surface area contributed by atoms with Crippen molar-refractivity contribution < 1.29 is 23.0 Å². The summed E-state index contributed by atoms with van der Waals surface area (Å²) in [6.07, 6.45) is 1.42. The first-order chi connectivity index (χ1) is 15.3. The lowest BCUT2D eigenvalue weighted by molar-refractivity contribution is -0.156. The van der Waals surface area contributed by atoms with Gasteiger partial charge in [0.2, 0.25) is 15.1 Å². The topological polar surface area (TPSA) is 125 Å². The van der Waals surface area contributed by atoms with Gasteiger partial charge in [0.05, 0.1) is 22.6 Å². The van der Waals surface area contributed by atoms with Gasteiger partial charge in [-0.05, 0) is 74.8 Å². The van der Waals surface area contributed by atoms with E-state index in [0.29, 0.717) is 11.5 Å². The molecule has 0 unspecified atom stereocenters. The van der Waals surface area contributed by atoms with Crippen molar-refractivity contribution in [2.24, 2.45) is 5.73 Å². The second-order valence-electron chi connectivity index (χ2n) is 8.54. The minimum absolute atomic E-state index is 0.0245. The standard InChI is InChI=1S/C23H24ClN3O5S/c1-21(2)22(3,28)23(25,19-10-11-26-20(24)27-19)17-13-16(8-9-18(17)32-21)33(29,30)15-7-5-6-14(12-15)31-4/h5-13,28H,25H2,1-4H3/t22-,23-/m1/s1. The summed E-state index contributed by atoms with van der Waals surface area (Å²) in [5.74, 6) is 0.735. The molecule has 0 spiro atoms. The van der Waals surface area contributed by atoms with Gasteiger partial charge in [0, 0.05) is 11.8 Å². The molecule has 1 aromatic heterocycles. The molecule has 0 radical (unpaired) electrons. The van der Waals surface area contributed by atoms with Crippen molar-refractivity contribution in [2.45, 2.75) is 47.3 Å². The van der Waals surface area contributed by atoms with Crippen LogP contribution in [0.15, 0.2) is 64.5 Å². The van der Waals surface area contributed by atoms with Crippen molar-refractivity contribution in [3.63, 3.8) is 0 Å². The van der Waals surface area contributed by atoms with Crippen LogP contribution in [0.4, 0.5) is 0 Å². The van der Waals surface area contributed by atoms with E-state index in [2.05, 4.69) is 9.97 Å². The zero-order valence-electron chi connectivity index (χ0n) is 18.5. The molecule has 1 aliphatic rings. The van der Waals surface area contributed by atoms with Crippen LogP contribution in [0.2, 0.25) is 5.28 Å². The van der Waals surface area contributed by atoms with E-state index >= 15 is 0 Å². The lowest BCUT2D eigenvalue weighted by atomic mass is 9.64. The van der Waals surface area contributed by atoms with Crippen LogP contribution in [0.1, 0.15) is 32.0 Å². The third kappa shape index (κ3) is 3.47. The molecule has 3 N–H and O–H groups in total. The predicted octanol–water partition coefficient (Wildman–Crippen LogP) is 3.10. The number of nitrogens with zero attached hydrogens (tertiary/aromatic N) is 2. The molecule has 0 fully saturated rings. The van der Waals surface area contributed by atoms with Crippen LogP contribution < -0.4 is 15.2 Å². The molecule has 2 atom stereocenters. The molecule has 0 bridgehead atoms. The van der Waals surface area contributed by atoms with Gasteiger partial charge in [0.1, 0.15) is 28.2 Å². The summed E-state index contributed by atoms with van der Waals surface area (Å²) in [5, 5.41) is 11.6. The molecule has 0 amide bonds. The summed E-state index contributed by atoms with van der Waals surface area (Å²) in [4.78, 5) is 8.18. The quantitative estimate of drug-likeness (QED) is 0.535. The minimum Gasteiger partial charge on any atom is -0.497 e. The molecule has 0 saturated carbocycles. The van der Waals surface area contributed by atoms with Crippen molar-refractivity contribution in [2.75, 3.05) is 7.11 Å². The Labute approximate surface area is 197 Å². The first-order valence-corrected chi connectivity index (χ1v) is 11.9. The van der Waals surface area contributed by atoms with Gasteiger partial charge in [0.25, 0.3) is 0 Å². The van der Waals surface area contributed by atoms with Gasteiger partial charge in [-0.2, -0.15) is 0 Å². The van der Waals surface area contributed by atoms with Crippen LogP contribution in [0.25, 0.3) is 0 Å². The Bertz CT molecular complexity index is 1340. The van der Waals surface area contributed by atoms with Gasteiger partial charge >= 0.3 is 0 Å². The maximum absolute atomic E-state index is 13.4. The molecule has 4 rings (SSSR count). The van der Waals surface area contributed by atoms with Gasteiger partial charge < -0.3 is 20.3 Å². The van der Waals surface area contributed by atoms with Crippen molar-refractivity contribution in [3.8, 4) is 11.5 Å². The lowest BCUT2D eigenvalue weighted by Crippen LogP contribution is -2.71. The Balaban J connectivity index is 1.98. The predicted molar refractivity (Wildman–Crippen MR) is 122 cm³/mol. The second kappa shape index (κ2) is 7.66. The van der Waals surface area contributed by atoms with E-state index in [1.54, 1.807) is 26.0 Å². The molecule has 10 heteroatoms. The number of fused-ring (bicyclic) bond motifs is 1. The van der Waals surface area contributed by atoms with E-state index < -0.39 is 26.6 Å². The largest absolute Gasteiger partial charge is 0.497 e. The Morgan fingerprint density at radius 1 is 1.09 bits per heavy atom. The van der Waals surface area contributed by atoms with Gasteiger partial charge in [0.15, 0.2) is 0 Å². The van der Waals surface area contributed by atoms with Crippen LogP contribution in [0.3, 0.4) is 0 Å². The summed E-state index contributed by atoms with van der Waals surface area (Å²) in [6.45, 7) is 4.91. The number of benzene rings is 2. The highest BCUT2D eigenvalue weighted by molar-refractivity contribution is 7.91. The number of aliphatic hydroxyl groups is 1.